The lowest BCUT2D eigenvalue weighted by molar-refractivity contribution is 0.327. The third-order valence-electron chi connectivity index (χ3n) is 2.24. The molecule has 0 saturated carbocycles. The molecule has 0 aromatic heterocycles. The Balaban J connectivity index is 0. The molecular weight excluding hydrogens is 258 g/mol. The van der Waals surface area contributed by atoms with Crippen LogP contribution in [-0.2, 0) is 0 Å². The van der Waals surface area contributed by atoms with Gasteiger partial charge in [0.15, 0.2) is 0 Å². The van der Waals surface area contributed by atoms with Gasteiger partial charge in [-0.15, -0.1) is 12.3 Å². The lowest BCUT2D eigenvalue weighted by Gasteiger charge is -2.01. The van der Waals surface area contributed by atoms with Crippen molar-refractivity contribution in [1.29, 1.82) is 0 Å². The van der Waals surface area contributed by atoms with Gasteiger partial charge in [-0.25, -0.2) is 0 Å². The van der Waals surface area contributed by atoms with Crippen LogP contribution in [0.5, 0.6) is 5.75 Å². The van der Waals surface area contributed by atoms with Gasteiger partial charge >= 0.3 is 0 Å². The molecule has 0 bridgehead atoms. The molecule has 0 heterocycles. The first-order chi connectivity index (χ1) is 10.2. The number of nitrogen functional groups attached to an aromatic ring is 1. The largest absolute Gasteiger partial charge is 0.493 e. The lowest BCUT2D eigenvalue weighted by Crippen LogP contribution is -1.94. The van der Waals surface area contributed by atoms with Crippen molar-refractivity contribution in [2.24, 2.45) is 0 Å². The molecule has 2 aromatic carbocycles. The molecule has 1 radical (unpaired) electrons. The summed E-state index contributed by atoms with van der Waals surface area (Å²) >= 11 is 0. The van der Waals surface area contributed by atoms with Crippen molar-refractivity contribution in [1.82, 2.24) is 0 Å². The lowest BCUT2D eigenvalue weighted by atomic mass is 10.2. The summed E-state index contributed by atoms with van der Waals surface area (Å²) in [4.78, 5) is 0. The number of anilines is 1. The van der Waals surface area contributed by atoms with Crippen LogP contribution in [0, 0.1) is 19.3 Å². The molecule has 0 fully saturated rings. The first kappa shape index (κ1) is 18.6. The molecule has 21 heavy (non-hydrogen) atoms. The average Bonchev–Trinajstić information content (AvgIpc) is 2.54. The third-order valence-corrected chi connectivity index (χ3v) is 2.24. The minimum atomic E-state index is 0. The molecule has 0 spiro atoms. The Labute approximate surface area is 130 Å². The monoisotopic (exact) mass is 284 g/mol. The number of benzene rings is 2. The molecule has 0 aliphatic heterocycles. The molecule has 0 aliphatic carbocycles. The van der Waals surface area contributed by atoms with Crippen molar-refractivity contribution in [2.45, 2.75) is 20.3 Å². The summed E-state index contributed by atoms with van der Waals surface area (Å²) in [6.45, 7) is 8.30. The van der Waals surface area contributed by atoms with Crippen molar-refractivity contribution < 1.29 is 6.16 Å². The van der Waals surface area contributed by atoms with Crippen LogP contribution in [0.2, 0.25) is 0 Å². The molecule has 0 atom stereocenters. The van der Waals surface area contributed by atoms with E-state index in [0.29, 0.717) is 13.0 Å². The Morgan fingerprint density at radius 3 is 2.14 bits per heavy atom. The van der Waals surface area contributed by atoms with Gasteiger partial charge in [0, 0.05) is 13.5 Å². The summed E-state index contributed by atoms with van der Waals surface area (Å²) in [6, 6.07) is 17.1. The van der Waals surface area contributed by atoms with Crippen LogP contribution in [0.15, 0.2) is 54.6 Å². The van der Waals surface area contributed by atoms with Gasteiger partial charge in [0.05, 0.1) is 6.61 Å². The van der Waals surface area contributed by atoms with Crippen molar-refractivity contribution in [3.05, 3.63) is 67.1 Å². The highest BCUT2D eigenvalue weighted by molar-refractivity contribution is 5.39. The summed E-state index contributed by atoms with van der Waals surface area (Å²) in [7, 11) is 0. The van der Waals surface area contributed by atoms with Crippen LogP contribution in [-0.4, -0.2) is 6.61 Å². The Morgan fingerprint density at radius 2 is 1.67 bits per heavy atom. The highest BCUT2D eigenvalue weighted by Crippen LogP contribution is 2.07. The molecular formula is C19H26NO. The van der Waals surface area contributed by atoms with E-state index in [1.807, 2.05) is 68.4 Å². The van der Waals surface area contributed by atoms with Crippen molar-refractivity contribution in [3.8, 4) is 18.1 Å². The standard InChI is InChI=1S/C10H10O.C7H8N.C2H6.H2/c1-2-3-9-11-10-7-5-4-6-8-10;1-6-2-4-7(8)5-3-6;1-2;/h1,4-8H,3,9H2;2-5H,1,8H2;1-2H3;1H. The van der Waals surface area contributed by atoms with E-state index in [0.717, 1.165) is 17.0 Å². The van der Waals surface area contributed by atoms with E-state index in [-0.39, 0.29) is 1.43 Å². The minimum absolute atomic E-state index is 0. The quantitative estimate of drug-likeness (QED) is 0.498. The molecule has 113 valence electrons. The summed E-state index contributed by atoms with van der Waals surface area (Å²) in [6.07, 6.45) is 5.72. The van der Waals surface area contributed by atoms with Gasteiger partial charge in [-0.2, -0.15) is 0 Å². The summed E-state index contributed by atoms with van der Waals surface area (Å²) in [5.41, 5.74) is 7.19. The topological polar surface area (TPSA) is 35.2 Å². The van der Waals surface area contributed by atoms with Crippen LogP contribution in [0.3, 0.4) is 0 Å². The second-order valence-electron chi connectivity index (χ2n) is 3.86. The number of hydrogen-bond donors (Lipinski definition) is 1. The van der Waals surface area contributed by atoms with E-state index in [1.165, 1.54) is 0 Å². The number of para-hydroxylation sites is 1. The van der Waals surface area contributed by atoms with E-state index in [4.69, 9.17) is 16.9 Å². The number of hydrogen-bond acceptors (Lipinski definition) is 2. The van der Waals surface area contributed by atoms with Crippen molar-refractivity contribution in [3.63, 3.8) is 0 Å². The summed E-state index contributed by atoms with van der Waals surface area (Å²) in [5.74, 6) is 3.39. The molecule has 0 amide bonds. The number of rotatable bonds is 3. The minimum Gasteiger partial charge on any atom is -0.493 e. The van der Waals surface area contributed by atoms with E-state index in [2.05, 4.69) is 12.8 Å². The van der Waals surface area contributed by atoms with Crippen LogP contribution in [0.4, 0.5) is 5.69 Å². The summed E-state index contributed by atoms with van der Waals surface area (Å²) in [5, 5.41) is 0. The molecule has 0 unspecified atom stereocenters. The molecule has 2 heteroatoms. The maximum Gasteiger partial charge on any atom is 0.119 e. The van der Waals surface area contributed by atoms with E-state index in [1.54, 1.807) is 0 Å². The Hall–Kier alpha value is -2.40. The molecule has 2 nitrogen and oxygen atoms in total. The second kappa shape index (κ2) is 12.6. The smallest absolute Gasteiger partial charge is 0.119 e. The first-order valence-corrected chi connectivity index (χ1v) is 7.01. The molecule has 2 aromatic rings. The van der Waals surface area contributed by atoms with Gasteiger partial charge in [-0.3, -0.25) is 0 Å². The van der Waals surface area contributed by atoms with Gasteiger partial charge in [-0.05, 0) is 36.8 Å². The number of ether oxygens (including phenoxy) is 1. The number of nitrogens with two attached hydrogens (primary N) is 1. The first-order valence-electron chi connectivity index (χ1n) is 7.01. The van der Waals surface area contributed by atoms with Crippen molar-refractivity contribution in [2.75, 3.05) is 12.3 Å². The molecule has 2 N–H and O–H groups in total. The van der Waals surface area contributed by atoms with E-state index >= 15 is 0 Å². The van der Waals surface area contributed by atoms with Crippen LogP contribution >= 0.6 is 0 Å². The highest BCUT2D eigenvalue weighted by Gasteiger charge is 1.87. The van der Waals surface area contributed by atoms with Crippen molar-refractivity contribution >= 4 is 5.69 Å². The van der Waals surface area contributed by atoms with Gasteiger partial charge in [0.2, 0.25) is 0 Å². The van der Waals surface area contributed by atoms with Gasteiger partial charge in [0.1, 0.15) is 5.75 Å². The maximum absolute atomic E-state index is 5.40. The SMILES string of the molecule is C#CCCOc1ccccc1.CC.[CH2]c1ccc(N)cc1.[HH]. The van der Waals surface area contributed by atoms with Gasteiger partial charge < -0.3 is 10.5 Å². The normalized spacial score (nSPS) is 8.29. The zero-order valence-electron chi connectivity index (χ0n) is 12.9. The van der Waals surface area contributed by atoms with E-state index in [9.17, 15) is 0 Å². The van der Waals surface area contributed by atoms with E-state index < -0.39 is 0 Å². The predicted molar refractivity (Wildman–Crippen MR) is 94.2 cm³/mol. The predicted octanol–water partition coefficient (Wildman–Crippen LogP) is 4.81. The zero-order chi connectivity index (χ0) is 15.9. The molecule has 0 aliphatic rings. The van der Waals surface area contributed by atoms with Crippen LogP contribution in [0.1, 0.15) is 27.3 Å². The second-order valence-corrected chi connectivity index (χ2v) is 3.86. The van der Waals surface area contributed by atoms with Crippen LogP contribution < -0.4 is 10.5 Å². The van der Waals surface area contributed by atoms with Crippen LogP contribution in [0.25, 0.3) is 0 Å². The fraction of sp³-hybridized carbons (Fsp3) is 0.211. The maximum atomic E-state index is 5.40. The Kier molecular flexibility index (Phi) is 11.2. The third kappa shape index (κ3) is 10.1. The molecule has 0 saturated heterocycles. The average molecular weight is 284 g/mol. The zero-order valence-corrected chi connectivity index (χ0v) is 12.9. The van der Waals surface area contributed by atoms with Gasteiger partial charge in [0.25, 0.3) is 0 Å². The van der Waals surface area contributed by atoms with Gasteiger partial charge in [-0.1, -0.05) is 44.2 Å². The molecule has 2 rings (SSSR count). The summed E-state index contributed by atoms with van der Waals surface area (Å²) < 4.78 is 5.30. The Bertz CT molecular complexity index is 482. The highest BCUT2D eigenvalue weighted by atomic mass is 16.5. The number of terminal acetylenes is 1. The fourth-order valence-corrected chi connectivity index (χ4v) is 1.26. The fourth-order valence-electron chi connectivity index (χ4n) is 1.26. The Morgan fingerprint density at radius 1 is 1.10 bits per heavy atom.